The number of benzene rings is 1. The van der Waals surface area contributed by atoms with Crippen LogP contribution < -0.4 is 0 Å². The molecule has 1 saturated carbocycles. The van der Waals surface area contributed by atoms with Gasteiger partial charge < -0.3 is 9.26 Å². The maximum absolute atomic E-state index is 5.93. The molecule has 1 saturated heterocycles. The third kappa shape index (κ3) is 3.03. The van der Waals surface area contributed by atoms with Crippen LogP contribution in [0.2, 0.25) is 0 Å². The Kier molecular flexibility index (Phi) is 4.14. The second kappa shape index (κ2) is 6.42. The van der Waals surface area contributed by atoms with E-state index in [1.54, 1.807) is 0 Å². The van der Waals surface area contributed by atoms with Crippen molar-refractivity contribution in [2.45, 2.75) is 51.3 Å². The third-order valence-electron chi connectivity index (χ3n) is 5.04. The molecule has 2 heterocycles. The van der Waals surface area contributed by atoms with Crippen LogP contribution in [0.4, 0.5) is 0 Å². The van der Waals surface area contributed by atoms with Gasteiger partial charge in [-0.25, -0.2) is 0 Å². The van der Waals surface area contributed by atoms with Crippen LogP contribution in [-0.4, -0.2) is 40.3 Å². The molecule has 5 heteroatoms. The van der Waals surface area contributed by atoms with Crippen molar-refractivity contribution in [1.82, 2.24) is 15.0 Å². The predicted molar refractivity (Wildman–Crippen MR) is 86.9 cm³/mol. The molecule has 1 aliphatic carbocycles. The van der Waals surface area contributed by atoms with E-state index in [1.165, 1.54) is 31.2 Å². The van der Waals surface area contributed by atoms with Crippen LogP contribution in [0, 0.1) is 6.92 Å². The SMILES string of the molecule is Cc1ccccc1-c1noc(CN2CCO[C@H]3CCCC[C@H]32)n1. The molecule has 0 unspecified atom stereocenters. The van der Waals surface area contributed by atoms with Crippen LogP contribution in [0.15, 0.2) is 28.8 Å². The van der Waals surface area contributed by atoms with Crippen molar-refractivity contribution in [3.63, 3.8) is 0 Å². The van der Waals surface area contributed by atoms with E-state index in [2.05, 4.69) is 28.0 Å². The summed E-state index contributed by atoms with van der Waals surface area (Å²) in [5.74, 6) is 1.39. The van der Waals surface area contributed by atoms with Crippen LogP contribution in [0.5, 0.6) is 0 Å². The second-order valence-corrected chi connectivity index (χ2v) is 6.56. The zero-order valence-corrected chi connectivity index (χ0v) is 13.6. The predicted octanol–water partition coefficient (Wildman–Crippen LogP) is 3.19. The van der Waals surface area contributed by atoms with Crippen molar-refractivity contribution in [2.75, 3.05) is 13.2 Å². The number of hydrogen-bond acceptors (Lipinski definition) is 5. The van der Waals surface area contributed by atoms with Gasteiger partial charge in [-0.05, 0) is 25.3 Å². The maximum Gasteiger partial charge on any atom is 0.241 e. The highest BCUT2D eigenvalue weighted by molar-refractivity contribution is 5.58. The molecule has 2 aliphatic rings. The van der Waals surface area contributed by atoms with Crippen LogP contribution in [0.1, 0.15) is 37.1 Å². The largest absolute Gasteiger partial charge is 0.375 e. The molecule has 5 nitrogen and oxygen atoms in total. The van der Waals surface area contributed by atoms with Crippen LogP contribution in [-0.2, 0) is 11.3 Å². The Hall–Kier alpha value is -1.72. The summed E-state index contributed by atoms with van der Waals surface area (Å²) in [7, 11) is 0. The summed E-state index contributed by atoms with van der Waals surface area (Å²) in [6.45, 7) is 4.55. The Morgan fingerprint density at radius 3 is 3.00 bits per heavy atom. The third-order valence-corrected chi connectivity index (χ3v) is 5.04. The highest BCUT2D eigenvalue weighted by Gasteiger charge is 2.34. The van der Waals surface area contributed by atoms with Gasteiger partial charge in [-0.15, -0.1) is 0 Å². The first kappa shape index (κ1) is 14.8. The van der Waals surface area contributed by atoms with Gasteiger partial charge in [0.1, 0.15) is 0 Å². The van der Waals surface area contributed by atoms with Crippen molar-refractivity contribution < 1.29 is 9.26 Å². The monoisotopic (exact) mass is 313 g/mol. The zero-order chi connectivity index (χ0) is 15.6. The minimum Gasteiger partial charge on any atom is -0.375 e. The van der Waals surface area contributed by atoms with E-state index >= 15 is 0 Å². The molecule has 4 rings (SSSR count). The summed E-state index contributed by atoms with van der Waals surface area (Å²) in [6, 6.07) is 8.64. The summed E-state index contributed by atoms with van der Waals surface area (Å²) in [5, 5.41) is 4.17. The molecule has 23 heavy (non-hydrogen) atoms. The molecule has 0 bridgehead atoms. The van der Waals surface area contributed by atoms with Gasteiger partial charge in [-0.2, -0.15) is 4.98 Å². The molecule has 1 aliphatic heterocycles. The molecular weight excluding hydrogens is 290 g/mol. The standard InChI is InChI=1S/C18H23N3O2/c1-13-6-2-3-7-14(13)18-19-17(23-20-18)12-21-10-11-22-16-9-5-4-8-15(16)21/h2-3,6-7,15-16H,4-5,8-12H2,1H3/t15-,16+/m1/s1. The average Bonchev–Trinajstić information content (AvgIpc) is 3.04. The van der Waals surface area contributed by atoms with Crippen molar-refractivity contribution in [3.8, 4) is 11.4 Å². The molecule has 122 valence electrons. The molecule has 0 spiro atoms. The van der Waals surface area contributed by atoms with Crippen LogP contribution in [0.3, 0.4) is 0 Å². The van der Waals surface area contributed by atoms with Crippen molar-refractivity contribution >= 4 is 0 Å². The lowest BCUT2D eigenvalue weighted by Gasteiger charge is -2.43. The maximum atomic E-state index is 5.93. The highest BCUT2D eigenvalue weighted by Crippen LogP contribution is 2.29. The lowest BCUT2D eigenvalue weighted by Crippen LogP contribution is -2.52. The smallest absolute Gasteiger partial charge is 0.241 e. The van der Waals surface area contributed by atoms with Gasteiger partial charge in [0.15, 0.2) is 0 Å². The number of aryl methyl sites for hydroxylation is 1. The topological polar surface area (TPSA) is 51.4 Å². The number of hydrogen-bond donors (Lipinski definition) is 0. The first-order valence-electron chi connectivity index (χ1n) is 8.55. The fourth-order valence-corrected chi connectivity index (χ4v) is 3.80. The van der Waals surface area contributed by atoms with Gasteiger partial charge in [0.25, 0.3) is 0 Å². The van der Waals surface area contributed by atoms with Gasteiger partial charge in [-0.3, -0.25) is 4.90 Å². The van der Waals surface area contributed by atoms with Crippen molar-refractivity contribution in [1.29, 1.82) is 0 Å². The highest BCUT2D eigenvalue weighted by atomic mass is 16.5. The molecule has 2 fully saturated rings. The summed E-state index contributed by atoms with van der Waals surface area (Å²) < 4.78 is 11.4. The normalized spacial score (nSPS) is 25.3. The van der Waals surface area contributed by atoms with Gasteiger partial charge in [0, 0.05) is 18.2 Å². The number of morpholine rings is 1. The number of fused-ring (bicyclic) bond motifs is 1. The molecule has 1 aromatic heterocycles. The van der Waals surface area contributed by atoms with E-state index in [0.29, 0.717) is 23.9 Å². The van der Waals surface area contributed by atoms with E-state index in [1.807, 2.05) is 18.2 Å². The molecule has 2 atom stereocenters. The molecule has 0 amide bonds. The summed E-state index contributed by atoms with van der Waals surface area (Å²) >= 11 is 0. The molecule has 2 aromatic rings. The second-order valence-electron chi connectivity index (χ2n) is 6.56. The van der Waals surface area contributed by atoms with Gasteiger partial charge in [-0.1, -0.05) is 42.3 Å². The molecule has 1 aromatic carbocycles. The van der Waals surface area contributed by atoms with Gasteiger partial charge in [0.05, 0.1) is 19.3 Å². The average molecular weight is 313 g/mol. The van der Waals surface area contributed by atoms with Crippen LogP contribution >= 0.6 is 0 Å². The lowest BCUT2D eigenvalue weighted by atomic mass is 9.90. The Morgan fingerprint density at radius 2 is 2.09 bits per heavy atom. The first-order chi connectivity index (χ1) is 11.3. The zero-order valence-electron chi connectivity index (χ0n) is 13.6. The molecule has 0 N–H and O–H groups in total. The minimum atomic E-state index is 0.385. The fourth-order valence-electron chi connectivity index (χ4n) is 3.80. The summed E-state index contributed by atoms with van der Waals surface area (Å²) in [5.41, 5.74) is 2.21. The lowest BCUT2D eigenvalue weighted by molar-refractivity contribution is -0.0933. The quantitative estimate of drug-likeness (QED) is 0.871. The fraction of sp³-hybridized carbons (Fsp3) is 0.556. The number of ether oxygens (including phenoxy) is 1. The Labute approximate surface area is 136 Å². The first-order valence-corrected chi connectivity index (χ1v) is 8.55. The van der Waals surface area contributed by atoms with E-state index in [-0.39, 0.29) is 0 Å². The van der Waals surface area contributed by atoms with Crippen molar-refractivity contribution in [2.24, 2.45) is 0 Å². The Balaban J connectivity index is 1.50. The number of nitrogens with zero attached hydrogens (tertiary/aromatic N) is 3. The minimum absolute atomic E-state index is 0.385. The summed E-state index contributed by atoms with van der Waals surface area (Å²) in [6.07, 6.45) is 5.35. The van der Waals surface area contributed by atoms with Gasteiger partial charge in [0.2, 0.25) is 11.7 Å². The summed E-state index contributed by atoms with van der Waals surface area (Å²) in [4.78, 5) is 7.07. The van der Waals surface area contributed by atoms with Gasteiger partial charge >= 0.3 is 0 Å². The van der Waals surface area contributed by atoms with E-state index in [0.717, 1.165) is 25.3 Å². The molecule has 0 radical (unpaired) electrons. The Bertz CT molecular complexity index is 668. The Morgan fingerprint density at radius 1 is 1.22 bits per heavy atom. The van der Waals surface area contributed by atoms with E-state index in [4.69, 9.17) is 9.26 Å². The molecular formula is C18H23N3O2. The number of rotatable bonds is 3. The van der Waals surface area contributed by atoms with E-state index in [9.17, 15) is 0 Å². The number of aromatic nitrogens is 2. The van der Waals surface area contributed by atoms with Crippen molar-refractivity contribution in [3.05, 3.63) is 35.7 Å². The van der Waals surface area contributed by atoms with Crippen LogP contribution in [0.25, 0.3) is 11.4 Å². The van der Waals surface area contributed by atoms with E-state index < -0.39 is 0 Å².